The number of allylic oxidation sites excluding steroid dienone is 1. The summed E-state index contributed by atoms with van der Waals surface area (Å²) in [6, 6.07) is 25.5. The standard InChI is InChI=1S/C41H45BrClF2N2O2S/c1-5-47(26-42,25-30-21-27(2)20-28(3)22-30)19-9-8-18-46(24-29-12-13-31-10-6-7-11-33(31)23-29)38(32-14-15-32)40-37(43)36-35(50-40)17-16-34(48-4)39(36)49-41(44)45/h6-7,10-13,16-17,20-23,41H,5,8-9,14-15,18-19,24-26H2,1-4H3/q+1. The van der Waals surface area contributed by atoms with Crippen LogP contribution in [0.3, 0.4) is 0 Å². The Morgan fingerprint density at radius 3 is 2.36 bits per heavy atom. The number of benzene rings is 4. The molecule has 6 rings (SSSR count). The van der Waals surface area contributed by atoms with Gasteiger partial charge in [0, 0.05) is 23.4 Å². The van der Waals surface area contributed by atoms with E-state index in [9.17, 15) is 8.78 Å². The van der Waals surface area contributed by atoms with E-state index in [-0.39, 0.29) is 11.5 Å². The van der Waals surface area contributed by atoms with E-state index in [1.54, 1.807) is 6.07 Å². The summed E-state index contributed by atoms with van der Waals surface area (Å²) < 4.78 is 39.4. The van der Waals surface area contributed by atoms with Gasteiger partial charge in [-0.25, -0.2) is 0 Å². The number of hydrogen-bond donors (Lipinski definition) is 0. The smallest absolute Gasteiger partial charge is 0.387 e. The van der Waals surface area contributed by atoms with E-state index >= 15 is 0 Å². The number of quaternary nitrogens is 1. The third kappa shape index (κ3) is 8.31. The molecular formula is C41H45BrClF2N2O2S+. The van der Waals surface area contributed by atoms with E-state index in [0.717, 1.165) is 77.1 Å². The molecule has 1 saturated carbocycles. The summed E-state index contributed by atoms with van der Waals surface area (Å²) in [6.45, 7) is 8.28. The van der Waals surface area contributed by atoms with E-state index in [0.29, 0.717) is 17.0 Å². The van der Waals surface area contributed by atoms with Gasteiger partial charge in [0.25, 0.3) is 0 Å². The van der Waals surface area contributed by atoms with Crippen LogP contribution < -0.4 is 9.47 Å². The molecule has 0 N–H and O–H groups in total. The van der Waals surface area contributed by atoms with Gasteiger partial charge in [0.05, 0.1) is 41.2 Å². The van der Waals surface area contributed by atoms with Crippen molar-refractivity contribution < 1.29 is 22.7 Å². The van der Waals surface area contributed by atoms with Crippen molar-refractivity contribution in [3.05, 3.63) is 111 Å². The number of methoxy groups -OCH3 is 1. The van der Waals surface area contributed by atoms with Crippen molar-refractivity contribution >= 4 is 65.4 Å². The summed E-state index contributed by atoms with van der Waals surface area (Å²) >= 11 is 12.6. The lowest BCUT2D eigenvalue weighted by molar-refractivity contribution is -0.926. The molecule has 1 unspecified atom stereocenters. The van der Waals surface area contributed by atoms with Crippen LogP contribution >= 0.6 is 38.9 Å². The normalized spacial score (nSPS) is 14.0. The number of aryl methyl sites for hydroxylation is 2. The molecule has 1 fully saturated rings. The van der Waals surface area contributed by atoms with Crippen molar-refractivity contribution in [3.8, 4) is 11.5 Å². The zero-order valence-corrected chi connectivity index (χ0v) is 32.4. The highest BCUT2D eigenvalue weighted by molar-refractivity contribution is 9.09. The largest absolute Gasteiger partial charge is 0.493 e. The van der Waals surface area contributed by atoms with Crippen molar-refractivity contribution in [1.29, 1.82) is 0 Å². The van der Waals surface area contributed by atoms with Crippen LogP contribution in [0.25, 0.3) is 26.6 Å². The molecule has 0 saturated heterocycles. The second-order valence-electron chi connectivity index (χ2n) is 13.5. The van der Waals surface area contributed by atoms with Gasteiger partial charge in [-0.3, -0.25) is 0 Å². The van der Waals surface area contributed by atoms with E-state index in [4.69, 9.17) is 21.1 Å². The van der Waals surface area contributed by atoms with Gasteiger partial charge in [0.1, 0.15) is 12.0 Å². The Morgan fingerprint density at radius 1 is 0.960 bits per heavy atom. The fourth-order valence-electron chi connectivity index (χ4n) is 7.11. The number of hydrogen-bond acceptors (Lipinski definition) is 4. The highest BCUT2D eigenvalue weighted by atomic mass is 79.9. The number of halogens is 4. The molecule has 5 aromatic rings. The minimum Gasteiger partial charge on any atom is -0.493 e. The molecule has 1 heterocycles. The van der Waals surface area contributed by atoms with Gasteiger partial charge in [0.15, 0.2) is 11.5 Å². The average Bonchev–Trinajstić information content (AvgIpc) is 3.88. The minimum atomic E-state index is -3.00. The first-order chi connectivity index (χ1) is 24.1. The Kier molecular flexibility index (Phi) is 11.7. The van der Waals surface area contributed by atoms with Crippen LogP contribution in [0.1, 0.15) is 59.7 Å². The fourth-order valence-corrected chi connectivity index (χ4v) is 9.56. The second-order valence-corrected chi connectivity index (χ2v) is 15.4. The summed E-state index contributed by atoms with van der Waals surface area (Å²) in [5, 5.41) is 3.33. The van der Waals surface area contributed by atoms with E-state index in [1.807, 2.05) is 6.07 Å². The molecule has 0 spiro atoms. The minimum absolute atomic E-state index is 0.0130. The lowest BCUT2D eigenvalue weighted by Crippen LogP contribution is -2.46. The molecule has 1 aromatic heterocycles. The molecule has 50 heavy (non-hydrogen) atoms. The van der Waals surface area contributed by atoms with Crippen LogP contribution in [-0.2, 0) is 13.1 Å². The Bertz CT molecular complexity index is 1980. The molecular weight excluding hydrogens is 738 g/mol. The SMILES string of the molecule is CC[N+](CBr)(CCCCN(Cc1ccc2ccccc2c1)C(=C1CC1)c1sc2ccc(OC)c(OC(F)F)c2c1Cl)Cc1cc(C)cc(C)c1. The Hall–Kier alpha value is -3.17. The van der Waals surface area contributed by atoms with Gasteiger partial charge in [-0.15, -0.1) is 11.3 Å². The quantitative estimate of drug-likeness (QED) is 0.0431. The van der Waals surface area contributed by atoms with Gasteiger partial charge in [0.2, 0.25) is 0 Å². The number of thiophene rings is 1. The first-order valence-electron chi connectivity index (χ1n) is 17.3. The molecule has 0 radical (unpaired) electrons. The number of nitrogens with zero attached hydrogens (tertiary/aromatic N) is 2. The van der Waals surface area contributed by atoms with Crippen molar-refractivity contribution in [2.75, 3.05) is 32.2 Å². The Balaban J connectivity index is 1.32. The third-order valence-corrected chi connectivity index (χ3v) is 12.4. The zero-order valence-electron chi connectivity index (χ0n) is 29.2. The molecule has 4 aromatic carbocycles. The molecule has 0 bridgehead atoms. The number of ether oxygens (including phenoxy) is 2. The maximum absolute atomic E-state index is 13.6. The maximum atomic E-state index is 13.6. The topological polar surface area (TPSA) is 21.7 Å². The number of fused-ring (bicyclic) bond motifs is 2. The average molecular weight is 783 g/mol. The van der Waals surface area contributed by atoms with Gasteiger partial charge in [-0.05, 0) is 102 Å². The monoisotopic (exact) mass is 781 g/mol. The van der Waals surface area contributed by atoms with Crippen LogP contribution in [0.4, 0.5) is 8.78 Å². The third-order valence-electron chi connectivity index (χ3n) is 9.73. The van der Waals surface area contributed by atoms with Crippen molar-refractivity contribution in [3.63, 3.8) is 0 Å². The summed E-state index contributed by atoms with van der Waals surface area (Å²) in [6.07, 6.45) is 4.05. The van der Waals surface area contributed by atoms with Gasteiger partial charge < -0.3 is 18.9 Å². The van der Waals surface area contributed by atoms with E-state index in [1.165, 1.54) is 57.0 Å². The highest BCUT2D eigenvalue weighted by Gasteiger charge is 2.31. The Labute approximate surface area is 312 Å². The maximum Gasteiger partial charge on any atom is 0.387 e. The molecule has 264 valence electrons. The number of rotatable bonds is 16. The van der Waals surface area contributed by atoms with Gasteiger partial charge in [-0.1, -0.05) is 77.3 Å². The van der Waals surface area contributed by atoms with Crippen molar-refractivity contribution in [1.82, 2.24) is 4.90 Å². The molecule has 9 heteroatoms. The van der Waals surface area contributed by atoms with Crippen LogP contribution in [0.5, 0.6) is 11.5 Å². The van der Waals surface area contributed by atoms with Crippen LogP contribution in [0.15, 0.2) is 78.4 Å². The molecule has 4 nitrogen and oxygen atoms in total. The zero-order chi connectivity index (χ0) is 35.4. The molecule has 1 aliphatic rings. The van der Waals surface area contributed by atoms with Crippen molar-refractivity contribution in [2.45, 2.75) is 66.2 Å². The number of alkyl halides is 3. The predicted octanol–water partition coefficient (Wildman–Crippen LogP) is 12.1. The van der Waals surface area contributed by atoms with Gasteiger partial charge >= 0.3 is 6.61 Å². The van der Waals surface area contributed by atoms with Crippen molar-refractivity contribution in [2.24, 2.45) is 0 Å². The lowest BCUT2D eigenvalue weighted by atomic mass is 10.1. The van der Waals surface area contributed by atoms with E-state index < -0.39 is 6.61 Å². The van der Waals surface area contributed by atoms with Crippen LogP contribution in [0.2, 0.25) is 5.02 Å². The molecule has 0 amide bonds. The second kappa shape index (κ2) is 16.0. The molecule has 1 atom stereocenters. The fraction of sp³-hybridized carbons (Fsp3) is 0.366. The summed E-state index contributed by atoms with van der Waals surface area (Å²) in [5.74, 6) is 0.226. The summed E-state index contributed by atoms with van der Waals surface area (Å²) in [5.41, 5.74) is 8.58. The predicted molar refractivity (Wildman–Crippen MR) is 209 cm³/mol. The number of unbranched alkanes of at least 4 members (excludes halogenated alkanes) is 1. The molecule has 1 aliphatic carbocycles. The molecule has 0 aliphatic heterocycles. The van der Waals surface area contributed by atoms with Gasteiger partial charge in [-0.2, -0.15) is 8.78 Å². The van der Waals surface area contributed by atoms with Crippen LogP contribution in [0, 0.1) is 13.8 Å². The highest BCUT2D eigenvalue weighted by Crippen LogP contribution is 2.51. The first kappa shape index (κ1) is 36.6. The lowest BCUT2D eigenvalue weighted by Gasteiger charge is -2.37. The van der Waals surface area contributed by atoms with Crippen LogP contribution in [-0.4, -0.2) is 48.2 Å². The summed E-state index contributed by atoms with van der Waals surface area (Å²) in [7, 11) is 1.45. The van der Waals surface area contributed by atoms with E-state index in [2.05, 4.69) is 102 Å². The Morgan fingerprint density at radius 2 is 1.70 bits per heavy atom. The first-order valence-corrected chi connectivity index (χ1v) is 19.6. The summed E-state index contributed by atoms with van der Waals surface area (Å²) in [4.78, 5) is 3.38.